The predicted octanol–water partition coefficient (Wildman–Crippen LogP) is 4.29. The molecule has 0 bridgehead atoms. The number of aromatic amines is 1. The molecule has 0 saturated heterocycles. The molecule has 1 aromatic carbocycles. The average Bonchev–Trinajstić information content (AvgIpc) is 3.08. The number of amides is 1. The summed E-state index contributed by atoms with van der Waals surface area (Å²) < 4.78 is 5.02. The van der Waals surface area contributed by atoms with Crippen LogP contribution in [0.25, 0.3) is 10.9 Å². The van der Waals surface area contributed by atoms with Crippen LogP contribution in [0.4, 0.5) is 5.82 Å². The highest BCUT2D eigenvalue weighted by atomic mass is 35.5. The van der Waals surface area contributed by atoms with E-state index in [9.17, 15) is 9.59 Å². The second-order valence-corrected chi connectivity index (χ2v) is 6.75. The largest absolute Gasteiger partial charge is 0.456 e. The van der Waals surface area contributed by atoms with Crippen molar-refractivity contribution < 1.29 is 14.3 Å². The SMILES string of the molecule is Cc1c(Cl)cnc(NC(=O)COC(=O)CCc2c[nH]c3ccccc23)c1Cl. The van der Waals surface area contributed by atoms with Crippen LogP contribution in [-0.4, -0.2) is 28.5 Å². The molecular weight excluding hydrogens is 389 g/mol. The number of hydrogen-bond acceptors (Lipinski definition) is 4. The number of carbonyl (C=O) groups excluding carboxylic acids is 2. The summed E-state index contributed by atoms with van der Waals surface area (Å²) in [5.74, 6) is -0.799. The van der Waals surface area contributed by atoms with Crippen molar-refractivity contribution in [3.05, 3.63) is 57.8 Å². The molecule has 2 heterocycles. The number of halogens is 2. The van der Waals surface area contributed by atoms with Crippen molar-refractivity contribution in [2.45, 2.75) is 19.8 Å². The van der Waals surface area contributed by atoms with E-state index in [-0.39, 0.29) is 17.3 Å². The van der Waals surface area contributed by atoms with E-state index in [1.54, 1.807) is 6.92 Å². The first-order valence-electron chi connectivity index (χ1n) is 8.26. The van der Waals surface area contributed by atoms with Gasteiger partial charge >= 0.3 is 5.97 Å². The minimum Gasteiger partial charge on any atom is -0.456 e. The minimum absolute atomic E-state index is 0.175. The minimum atomic E-state index is -0.522. The Morgan fingerprint density at radius 2 is 2.04 bits per heavy atom. The Labute approximate surface area is 165 Å². The van der Waals surface area contributed by atoms with Crippen molar-refractivity contribution in [1.29, 1.82) is 0 Å². The Morgan fingerprint density at radius 1 is 1.26 bits per heavy atom. The highest BCUT2D eigenvalue weighted by Gasteiger charge is 2.14. The Kier molecular flexibility index (Phi) is 5.98. The van der Waals surface area contributed by atoms with Gasteiger partial charge in [0.25, 0.3) is 5.91 Å². The zero-order valence-electron chi connectivity index (χ0n) is 14.5. The van der Waals surface area contributed by atoms with Gasteiger partial charge in [-0.25, -0.2) is 4.98 Å². The number of hydrogen-bond donors (Lipinski definition) is 2. The molecule has 8 heteroatoms. The highest BCUT2D eigenvalue weighted by Crippen LogP contribution is 2.28. The lowest BCUT2D eigenvalue weighted by molar-refractivity contribution is -0.147. The maximum Gasteiger partial charge on any atom is 0.306 e. The van der Waals surface area contributed by atoms with Crippen LogP contribution in [0.2, 0.25) is 10.0 Å². The molecule has 0 radical (unpaired) electrons. The van der Waals surface area contributed by atoms with E-state index >= 15 is 0 Å². The summed E-state index contributed by atoms with van der Waals surface area (Å²) in [5, 5.41) is 4.23. The number of H-pyrrole nitrogens is 1. The van der Waals surface area contributed by atoms with Crippen LogP contribution in [-0.2, 0) is 20.7 Å². The lowest BCUT2D eigenvalue weighted by Crippen LogP contribution is -2.21. The number of aryl methyl sites for hydroxylation is 1. The monoisotopic (exact) mass is 405 g/mol. The van der Waals surface area contributed by atoms with Crippen LogP contribution < -0.4 is 5.32 Å². The van der Waals surface area contributed by atoms with Gasteiger partial charge in [-0.05, 0) is 30.5 Å². The number of nitrogens with zero attached hydrogens (tertiary/aromatic N) is 1. The molecule has 1 amide bonds. The van der Waals surface area contributed by atoms with Gasteiger partial charge in [0, 0.05) is 29.7 Å². The molecule has 6 nitrogen and oxygen atoms in total. The molecule has 27 heavy (non-hydrogen) atoms. The molecule has 0 aliphatic heterocycles. The van der Waals surface area contributed by atoms with Gasteiger partial charge in [0.05, 0.1) is 10.0 Å². The fourth-order valence-corrected chi connectivity index (χ4v) is 3.00. The van der Waals surface area contributed by atoms with Crippen LogP contribution in [0, 0.1) is 6.92 Å². The van der Waals surface area contributed by atoms with E-state index < -0.39 is 18.5 Å². The molecule has 0 atom stereocenters. The van der Waals surface area contributed by atoms with Gasteiger partial charge < -0.3 is 15.0 Å². The first-order chi connectivity index (χ1) is 13.0. The zero-order valence-corrected chi connectivity index (χ0v) is 16.0. The molecule has 0 saturated carbocycles. The lowest BCUT2D eigenvalue weighted by Gasteiger charge is -2.09. The number of fused-ring (bicyclic) bond motifs is 1. The van der Waals surface area contributed by atoms with E-state index in [1.807, 2.05) is 30.5 Å². The van der Waals surface area contributed by atoms with Crippen LogP contribution in [0.1, 0.15) is 17.5 Å². The number of para-hydroxylation sites is 1. The molecule has 0 unspecified atom stereocenters. The molecule has 0 fully saturated rings. The van der Waals surface area contributed by atoms with Gasteiger partial charge in [-0.15, -0.1) is 0 Å². The van der Waals surface area contributed by atoms with Gasteiger partial charge in [-0.3, -0.25) is 9.59 Å². The number of anilines is 1. The predicted molar refractivity (Wildman–Crippen MR) is 105 cm³/mol. The maximum absolute atomic E-state index is 11.9. The zero-order chi connectivity index (χ0) is 19.4. The van der Waals surface area contributed by atoms with Crippen LogP contribution in [0.5, 0.6) is 0 Å². The molecule has 0 aliphatic rings. The summed E-state index contributed by atoms with van der Waals surface area (Å²) >= 11 is 12.0. The van der Waals surface area contributed by atoms with Gasteiger partial charge in [0.2, 0.25) is 0 Å². The van der Waals surface area contributed by atoms with Gasteiger partial charge in [-0.1, -0.05) is 41.4 Å². The van der Waals surface area contributed by atoms with Gasteiger partial charge in [0.1, 0.15) is 0 Å². The lowest BCUT2D eigenvalue weighted by atomic mass is 10.1. The van der Waals surface area contributed by atoms with Crippen molar-refractivity contribution in [3.8, 4) is 0 Å². The standard InChI is InChI=1S/C19H17Cl2N3O3/c1-11-14(20)9-23-19(18(11)21)24-16(25)10-27-17(26)7-6-12-8-22-15-5-3-2-4-13(12)15/h2-5,8-9,22H,6-7,10H2,1H3,(H,23,24,25). The quantitative estimate of drug-likeness (QED) is 0.598. The summed E-state index contributed by atoms with van der Waals surface area (Å²) in [7, 11) is 0. The number of nitrogens with one attached hydrogen (secondary N) is 2. The molecule has 3 aromatic rings. The second kappa shape index (κ2) is 8.41. The number of rotatable bonds is 6. The van der Waals surface area contributed by atoms with Crippen LogP contribution in [0.15, 0.2) is 36.7 Å². The van der Waals surface area contributed by atoms with Crippen molar-refractivity contribution in [2.75, 3.05) is 11.9 Å². The normalized spacial score (nSPS) is 10.8. The number of ether oxygens (including phenoxy) is 1. The van der Waals surface area contributed by atoms with E-state index in [1.165, 1.54) is 6.20 Å². The molecule has 3 rings (SSSR count). The number of carbonyl (C=O) groups is 2. The Hall–Kier alpha value is -2.57. The van der Waals surface area contributed by atoms with Crippen molar-refractivity contribution in [1.82, 2.24) is 9.97 Å². The summed E-state index contributed by atoms with van der Waals surface area (Å²) in [5.41, 5.74) is 2.65. The molecule has 0 aliphatic carbocycles. The third-order valence-electron chi connectivity index (χ3n) is 4.10. The smallest absolute Gasteiger partial charge is 0.306 e. The van der Waals surface area contributed by atoms with E-state index in [0.717, 1.165) is 16.5 Å². The maximum atomic E-state index is 11.9. The van der Waals surface area contributed by atoms with E-state index in [2.05, 4.69) is 15.3 Å². The van der Waals surface area contributed by atoms with Crippen molar-refractivity contribution in [2.24, 2.45) is 0 Å². The topological polar surface area (TPSA) is 84.1 Å². The average molecular weight is 406 g/mol. The summed E-state index contributed by atoms with van der Waals surface area (Å²) in [4.78, 5) is 31.0. The Balaban J connectivity index is 1.49. The summed E-state index contributed by atoms with van der Waals surface area (Å²) in [6.07, 6.45) is 3.97. The first kappa shape index (κ1) is 19.2. The van der Waals surface area contributed by atoms with Crippen LogP contribution >= 0.6 is 23.2 Å². The Morgan fingerprint density at radius 3 is 2.85 bits per heavy atom. The fraction of sp³-hybridized carbons (Fsp3) is 0.211. The highest BCUT2D eigenvalue weighted by molar-refractivity contribution is 6.37. The Bertz CT molecular complexity index is 1000. The fourth-order valence-electron chi connectivity index (χ4n) is 2.61. The van der Waals surface area contributed by atoms with Crippen molar-refractivity contribution >= 4 is 51.8 Å². The number of pyridine rings is 1. The second-order valence-electron chi connectivity index (χ2n) is 5.96. The van der Waals surface area contributed by atoms with E-state index in [4.69, 9.17) is 27.9 Å². The third kappa shape index (κ3) is 4.59. The molecule has 2 aromatic heterocycles. The number of esters is 1. The summed E-state index contributed by atoms with van der Waals surface area (Å²) in [6.45, 7) is 1.30. The van der Waals surface area contributed by atoms with E-state index in [0.29, 0.717) is 17.0 Å². The van der Waals surface area contributed by atoms with Gasteiger partial charge in [-0.2, -0.15) is 0 Å². The summed E-state index contributed by atoms with van der Waals surface area (Å²) in [6, 6.07) is 7.85. The first-order valence-corrected chi connectivity index (χ1v) is 9.02. The molecule has 0 spiro atoms. The molecule has 140 valence electrons. The van der Waals surface area contributed by atoms with Crippen LogP contribution in [0.3, 0.4) is 0 Å². The molecule has 2 N–H and O–H groups in total. The third-order valence-corrected chi connectivity index (χ3v) is 4.94. The van der Waals surface area contributed by atoms with Crippen molar-refractivity contribution in [3.63, 3.8) is 0 Å². The van der Waals surface area contributed by atoms with Gasteiger partial charge in [0.15, 0.2) is 12.4 Å². The number of aromatic nitrogens is 2. The number of benzene rings is 1. The molecular formula is C19H17Cl2N3O3.